The summed E-state index contributed by atoms with van der Waals surface area (Å²) < 4.78 is 4.62. The lowest BCUT2D eigenvalue weighted by molar-refractivity contribution is 1.16. The topological polar surface area (TPSA) is 46.5 Å². The van der Waals surface area contributed by atoms with Crippen LogP contribution in [0.4, 0.5) is 0 Å². The summed E-state index contributed by atoms with van der Waals surface area (Å²) in [6.07, 6.45) is 3.56. The highest BCUT2D eigenvalue weighted by Gasteiger charge is 2.17. The molecule has 0 spiro atoms. The Balaban J connectivity index is 1.42. The first-order valence-corrected chi connectivity index (χ1v) is 13.3. The molecule has 8 rings (SSSR count). The maximum Gasteiger partial charge on any atom is 0.0992 e. The van der Waals surface area contributed by atoms with Crippen molar-refractivity contribution in [1.29, 1.82) is 5.26 Å². The van der Waals surface area contributed by atoms with Gasteiger partial charge in [0.05, 0.1) is 33.7 Å². The highest BCUT2D eigenvalue weighted by molar-refractivity contribution is 6.12. The van der Waals surface area contributed by atoms with E-state index in [1.165, 1.54) is 32.6 Å². The molecule has 8 aromatic rings. The zero-order valence-corrected chi connectivity index (χ0v) is 21.5. The van der Waals surface area contributed by atoms with E-state index in [4.69, 9.17) is 0 Å². The van der Waals surface area contributed by atoms with Gasteiger partial charge in [0.25, 0.3) is 0 Å². The minimum absolute atomic E-state index is 0.622. The molecule has 0 aliphatic heterocycles. The van der Waals surface area contributed by atoms with Gasteiger partial charge >= 0.3 is 0 Å². The highest BCUT2D eigenvalue weighted by atomic mass is 15.0. The van der Waals surface area contributed by atoms with Crippen molar-refractivity contribution in [2.24, 2.45) is 0 Å². The van der Waals surface area contributed by atoms with Crippen LogP contribution in [0.3, 0.4) is 0 Å². The van der Waals surface area contributed by atoms with Crippen LogP contribution in [0.15, 0.2) is 134 Å². The summed E-state index contributed by atoms with van der Waals surface area (Å²) in [5.41, 5.74) is 9.31. The molecule has 3 aromatic heterocycles. The molecule has 186 valence electrons. The molecule has 0 N–H and O–H groups in total. The van der Waals surface area contributed by atoms with Gasteiger partial charge in [-0.15, -0.1) is 0 Å². The second kappa shape index (κ2) is 8.69. The maximum atomic E-state index is 9.90. The molecular weight excluding hydrogens is 488 g/mol. The summed E-state index contributed by atoms with van der Waals surface area (Å²) >= 11 is 0. The molecule has 0 amide bonds. The second-order valence-corrected chi connectivity index (χ2v) is 10.0. The Morgan fingerprint density at radius 2 is 1.02 bits per heavy atom. The molecule has 0 atom stereocenters. The van der Waals surface area contributed by atoms with E-state index in [0.717, 1.165) is 33.5 Å². The van der Waals surface area contributed by atoms with Crippen molar-refractivity contribution in [3.05, 3.63) is 139 Å². The Hall–Kier alpha value is -5.66. The smallest absolute Gasteiger partial charge is 0.0992 e. The van der Waals surface area contributed by atoms with Crippen LogP contribution >= 0.6 is 0 Å². The van der Waals surface area contributed by atoms with Crippen molar-refractivity contribution in [3.63, 3.8) is 0 Å². The van der Waals surface area contributed by atoms with Crippen molar-refractivity contribution in [1.82, 2.24) is 14.1 Å². The lowest BCUT2D eigenvalue weighted by Crippen LogP contribution is -1.97. The standard InChI is InChI=1S/C36H22N4/c37-23-24-19-26(25-15-17-38-18-16-25)21-28(20-24)40-35-12-6-3-9-31(35)32-22-27(13-14-36(32)40)39-33-10-4-1-7-29(33)30-8-2-5-11-34(30)39/h1-22H. The first-order chi connectivity index (χ1) is 19.8. The number of para-hydroxylation sites is 3. The molecule has 0 aliphatic rings. The van der Waals surface area contributed by atoms with Gasteiger partial charge in [-0.05, 0) is 77.9 Å². The number of fused-ring (bicyclic) bond motifs is 6. The van der Waals surface area contributed by atoms with E-state index in [-0.39, 0.29) is 0 Å². The zero-order valence-electron chi connectivity index (χ0n) is 21.5. The molecule has 3 heterocycles. The quantitative estimate of drug-likeness (QED) is 0.238. The lowest BCUT2D eigenvalue weighted by Gasteiger charge is -2.12. The first-order valence-electron chi connectivity index (χ1n) is 13.3. The molecule has 0 aliphatic carbocycles. The van der Waals surface area contributed by atoms with Gasteiger partial charge in [0.2, 0.25) is 0 Å². The summed E-state index contributed by atoms with van der Waals surface area (Å²) in [6, 6.07) is 44.8. The molecule has 0 saturated heterocycles. The monoisotopic (exact) mass is 510 g/mol. The van der Waals surface area contributed by atoms with E-state index in [1.807, 2.05) is 24.3 Å². The molecule has 0 unspecified atom stereocenters. The van der Waals surface area contributed by atoms with Gasteiger partial charge in [-0.25, -0.2) is 0 Å². The van der Waals surface area contributed by atoms with Gasteiger partial charge in [-0.3, -0.25) is 4.98 Å². The third kappa shape index (κ3) is 3.28. The molecular formula is C36H22N4. The van der Waals surface area contributed by atoms with Gasteiger partial charge in [0.15, 0.2) is 0 Å². The number of pyridine rings is 1. The molecule has 5 aromatic carbocycles. The SMILES string of the molecule is N#Cc1cc(-c2ccncc2)cc(-n2c3ccccc3c3cc(-n4c5ccccc5c5ccccc54)ccc32)c1. The van der Waals surface area contributed by atoms with Crippen LogP contribution in [0.5, 0.6) is 0 Å². The average Bonchev–Trinajstić information content (AvgIpc) is 3.54. The van der Waals surface area contributed by atoms with Gasteiger partial charge in [-0.2, -0.15) is 5.26 Å². The Bertz CT molecular complexity index is 2230. The van der Waals surface area contributed by atoms with Crippen LogP contribution in [0.2, 0.25) is 0 Å². The lowest BCUT2D eigenvalue weighted by atomic mass is 10.0. The summed E-state index contributed by atoms with van der Waals surface area (Å²) in [4.78, 5) is 4.16. The number of nitrogens with zero attached hydrogens (tertiary/aromatic N) is 4. The van der Waals surface area contributed by atoms with Gasteiger partial charge < -0.3 is 9.13 Å². The van der Waals surface area contributed by atoms with Crippen LogP contribution in [0.1, 0.15) is 5.56 Å². The van der Waals surface area contributed by atoms with Gasteiger partial charge in [-0.1, -0.05) is 54.6 Å². The fraction of sp³-hybridized carbons (Fsp3) is 0. The van der Waals surface area contributed by atoms with Crippen molar-refractivity contribution >= 4 is 43.6 Å². The van der Waals surface area contributed by atoms with E-state index in [9.17, 15) is 5.26 Å². The number of aromatic nitrogens is 3. The molecule has 40 heavy (non-hydrogen) atoms. The largest absolute Gasteiger partial charge is 0.309 e. The summed E-state index contributed by atoms with van der Waals surface area (Å²) in [5.74, 6) is 0. The van der Waals surface area contributed by atoms with Crippen LogP contribution in [-0.2, 0) is 0 Å². The van der Waals surface area contributed by atoms with Gasteiger partial charge in [0.1, 0.15) is 0 Å². The Kier molecular flexibility index (Phi) is 4.85. The second-order valence-electron chi connectivity index (χ2n) is 10.0. The molecule has 0 bridgehead atoms. The zero-order chi connectivity index (χ0) is 26.6. The van der Waals surface area contributed by atoms with E-state index >= 15 is 0 Å². The molecule has 0 fully saturated rings. The number of hydrogen-bond acceptors (Lipinski definition) is 2. The summed E-state index contributed by atoms with van der Waals surface area (Å²) in [7, 11) is 0. The van der Waals surface area contributed by atoms with E-state index in [2.05, 4.69) is 117 Å². The molecule has 0 radical (unpaired) electrons. The highest BCUT2D eigenvalue weighted by Crippen LogP contribution is 2.37. The molecule has 4 nitrogen and oxygen atoms in total. The fourth-order valence-electron chi connectivity index (χ4n) is 6.09. The number of rotatable bonds is 3. The molecule has 0 saturated carbocycles. The van der Waals surface area contributed by atoms with Crippen molar-refractivity contribution < 1.29 is 0 Å². The fourth-order valence-corrected chi connectivity index (χ4v) is 6.09. The Morgan fingerprint density at radius 3 is 1.65 bits per heavy atom. The van der Waals surface area contributed by atoms with Crippen LogP contribution in [-0.4, -0.2) is 14.1 Å². The van der Waals surface area contributed by atoms with E-state index in [1.54, 1.807) is 12.4 Å². The van der Waals surface area contributed by atoms with Crippen LogP contribution in [0, 0.1) is 11.3 Å². The van der Waals surface area contributed by atoms with Crippen LogP contribution < -0.4 is 0 Å². The van der Waals surface area contributed by atoms with Crippen molar-refractivity contribution in [2.75, 3.05) is 0 Å². The Morgan fingerprint density at radius 1 is 0.475 bits per heavy atom. The maximum absolute atomic E-state index is 9.90. The van der Waals surface area contributed by atoms with Gasteiger partial charge in [0, 0.05) is 45.3 Å². The number of hydrogen-bond donors (Lipinski definition) is 0. The summed E-state index contributed by atoms with van der Waals surface area (Å²) in [5, 5.41) is 14.7. The van der Waals surface area contributed by atoms with E-state index in [0.29, 0.717) is 5.56 Å². The number of benzene rings is 5. The minimum atomic E-state index is 0.622. The summed E-state index contributed by atoms with van der Waals surface area (Å²) in [6.45, 7) is 0. The molecule has 4 heteroatoms. The predicted octanol–water partition coefficient (Wildman–Crippen LogP) is 8.81. The number of nitriles is 1. The predicted molar refractivity (Wildman–Crippen MR) is 163 cm³/mol. The van der Waals surface area contributed by atoms with Crippen LogP contribution in [0.25, 0.3) is 66.1 Å². The average molecular weight is 511 g/mol. The minimum Gasteiger partial charge on any atom is -0.309 e. The Labute approximate surface area is 230 Å². The van der Waals surface area contributed by atoms with Crippen molar-refractivity contribution in [2.45, 2.75) is 0 Å². The van der Waals surface area contributed by atoms with Crippen molar-refractivity contribution in [3.8, 4) is 28.6 Å². The van der Waals surface area contributed by atoms with E-state index < -0.39 is 0 Å². The third-order valence-electron chi connectivity index (χ3n) is 7.81. The first kappa shape index (κ1) is 22.3. The third-order valence-corrected chi connectivity index (χ3v) is 7.81. The normalized spacial score (nSPS) is 11.5.